The number of benzene rings is 1. The Labute approximate surface area is 183 Å². The smallest absolute Gasteiger partial charge is 0.224 e. The lowest BCUT2D eigenvalue weighted by atomic mass is 9.52. The molecular weight excluding hydrogens is 387 g/mol. The standard InChI is InChI=1S/C20H20B3N7O/c1-30-17-8-11(2-7-16(17)28-29-30)14-9-24-18-15(14)10-25-19(27-18)26-12-3-5-13(6-4-12)31-20(21,22)23/h2,7-10,12-13H,3-6H2,1H3,(H2,24,25,26,27). The van der Waals surface area contributed by atoms with Gasteiger partial charge in [-0.3, -0.25) is 0 Å². The number of nitrogens with zero attached hydrogens (tertiary/aromatic N) is 5. The minimum Gasteiger partial charge on any atom is -0.400 e. The highest BCUT2D eigenvalue weighted by Crippen LogP contribution is 2.30. The zero-order valence-electron chi connectivity index (χ0n) is 17.2. The van der Waals surface area contributed by atoms with Gasteiger partial charge in [0.15, 0.2) is 0 Å². The fourth-order valence-corrected chi connectivity index (χ4v) is 4.21. The third-order valence-corrected chi connectivity index (χ3v) is 5.73. The zero-order chi connectivity index (χ0) is 21.6. The van der Waals surface area contributed by atoms with E-state index in [1.165, 1.54) is 0 Å². The monoisotopic (exact) mass is 407 g/mol. The Bertz CT molecular complexity index is 1220. The number of rotatable bonds is 5. The van der Waals surface area contributed by atoms with E-state index < -0.39 is 5.30 Å². The number of hydrogen-bond donors (Lipinski definition) is 2. The van der Waals surface area contributed by atoms with Crippen LogP contribution in [0.15, 0.2) is 30.6 Å². The van der Waals surface area contributed by atoms with E-state index in [2.05, 4.69) is 36.6 Å². The summed E-state index contributed by atoms with van der Waals surface area (Å²) in [7, 11) is 18.5. The number of hydrogen-bond acceptors (Lipinski definition) is 6. The Morgan fingerprint density at radius 2 is 2.00 bits per heavy atom. The van der Waals surface area contributed by atoms with Gasteiger partial charge < -0.3 is 15.0 Å². The second kappa shape index (κ2) is 7.71. The summed E-state index contributed by atoms with van der Waals surface area (Å²) in [4.78, 5) is 12.5. The van der Waals surface area contributed by atoms with E-state index in [0.717, 1.165) is 58.9 Å². The Morgan fingerprint density at radius 3 is 2.77 bits per heavy atom. The van der Waals surface area contributed by atoms with E-state index in [0.29, 0.717) is 5.95 Å². The highest BCUT2D eigenvalue weighted by atomic mass is 16.5. The van der Waals surface area contributed by atoms with E-state index >= 15 is 0 Å². The van der Waals surface area contributed by atoms with E-state index in [4.69, 9.17) is 28.3 Å². The Balaban J connectivity index is 1.31. The minimum absolute atomic E-state index is 0.0284. The molecule has 11 heteroatoms. The van der Waals surface area contributed by atoms with Gasteiger partial charge in [-0.1, -0.05) is 11.3 Å². The van der Waals surface area contributed by atoms with E-state index in [-0.39, 0.29) is 12.1 Å². The minimum atomic E-state index is -1.58. The lowest BCUT2D eigenvalue weighted by molar-refractivity contribution is 0.0202. The van der Waals surface area contributed by atoms with Crippen molar-refractivity contribution in [3.05, 3.63) is 30.6 Å². The molecule has 1 saturated carbocycles. The molecule has 0 saturated heterocycles. The first-order valence-electron chi connectivity index (χ1n) is 10.3. The summed E-state index contributed by atoms with van der Waals surface area (Å²) in [5.41, 5.74) is 4.72. The fraction of sp³-hybridized carbons (Fsp3) is 0.400. The molecule has 6 radical (unpaired) electrons. The van der Waals surface area contributed by atoms with Gasteiger partial charge in [0.1, 0.15) is 11.2 Å². The van der Waals surface area contributed by atoms with Gasteiger partial charge in [0.25, 0.3) is 0 Å². The number of aromatic amines is 1. The first-order chi connectivity index (χ1) is 14.9. The van der Waals surface area contributed by atoms with Gasteiger partial charge in [0, 0.05) is 36.4 Å². The number of aryl methyl sites for hydroxylation is 1. The molecule has 1 aromatic carbocycles. The van der Waals surface area contributed by atoms with Crippen molar-refractivity contribution < 1.29 is 4.74 Å². The van der Waals surface area contributed by atoms with Crippen LogP contribution < -0.4 is 5.32 Å². The molecule has 0 bridgehead atoms. The molecule has 3 aromatic heterocycles. The van der Waals surface area contributed by atoms with Crippen LogP contribution in [0.5, 0.6) is 0 Å². The van der Waals surface area contributed by atoms with Crippen molar-refractivity contribution in [1.29, 1.82) is 0 Å². The first-order valence-corrected chi connectivity index (χ1v) is 10.3. The topological polar surface area (TPSA) is 93.5 Å². The summed E-state index contributed by atoms with van der Waals surface area (Å²) in [6.07, 6.45) is 7.22. The number of H-pyrrole nitrogens is 1. The number of aromatic nitrogens is 6. The van der Waals surface area contributed by atoms with Crippen LogP contribution in [0.25, 0.3) is 33.2 Å². The van der Waals surface area contributed by atoms with Crippen LogP contribution in [0.3, 0.4) is 0 Å². The predicted molar refractivity (Wildman–Crippen MR) is 122 cm³/mol. The largest absolute Gasteiger partial charge is 0.400 e. The summed E-state index contributed by atoms with van der Waals surface area (Å²) in [5, 5.41) is 11.0. The molecule has 0 spiro atoms. The maximum Gasteiger partial charge on any atom is 0.224 e. The Kier molecular flexibility index (Phi) is 5.00. The van der Waals surface area contributed by atoms with Crippen LogP contribution >= 0.6 is 0 Å². The van der Waals surface area contributed by atoms with Gasteiger partial charge >= 0.3 is 0 Å². The van der Waals surface area contributed by atoms with Crippen molar-refractivity contribution in [2.24, 2.45) is 7.05 Å². The third-order valence-electron chi connectivity index (χ3n) is 5.73. The number of ether oxygens (including phenoxy) is 1. The molecule has 8 nitrogen and oxygen atoms in total. The van der Waals surface area contributed by atoms with Crippen molar-refractivity contribution in [3.8, 4) is 11.1 Å². The molecule has 0 aliphatic heterocycles. The zero-order valence-corrected chi connectivity index (χ0v) is 17.2. The van der Waals surface area contributed by atoms with Crippen molar-refractivity contribution in [1.82, 2.24) is 29.9 Å². The van der Waals surface area contributed by atoms with Gasteiger partial charge in [0.2, 0.25) is 5.95 Å². The molecule has 1 aliphatic carbocycles. The molecule has 0 amide bonds. The van der Waals surface area contributed by atoms with Gasteiger partial charge in [-0.25, -0.2) is 9.67 Å². The van der Waals surface area contributed by atoms with Gasteiger partial charge in [-0.05, 0) is 48.7 Å². The van der Waals surface area contributed by atoms with Crippen LogP contribution in [0.2, 0.25) is 0 Å². The summed E-state index contributed by atoms with van der Waals surface area (Å²) in [6, 6.07) is 6.33. The highest BCUT2D eigenvalue weighted by molar-refractivity contribution is 6.58. The fourth-order valence-electron chi connectivity index (χ4n) is 4.21. The predicted octanol–water partition coefficient (Wildman–Crippen LogP) is 1.76. The molecule has 0 unspecified atom stereocenters. The molecule has 150 valence electrons. The molecular formula is C20H20B3N7O. The molecule has 5 rings (SSSR count). The quantitative estimate of drug-likeness (QED) is 0.490. The Hall–Kier alpha value is -2.81. The van der Waals surface area contributed by atoms with Crippen molar-refractivity contribution in [3.63, 3.8) is 0 Å². The molecule has 0 atom stereocenters. The first kappa shape index (κ1) is 20.1. The maximum absolute atomic E-state index is 5.54. The highest BCUT2D eigenvalue weighted by Gasteiger charge is 2.25. The second-order valence-corrected chi connectivity index (χ2v) is 8.16. The number of anilines is 1. The van der Waals surface area contributed by atoms with Gasteiger partial charge in [-0.2, -0.15) is 4.98 Å². The van der Waals surface area contributed by atoms with Crippen LogP contribution in [0.4, 0.5) is 5.95 Å². The van der Waals surface area contributed by atoms with E-state index in [9.17, 15) is 0 Å². The van der Waals surface area contributed by atoms with Crippen LogP contribution in [-0.4, -0.2) is 70.9 Å². The SMILES string of the molecule is [B]C([B])([B])OC1CCC(Nc2ncc3c(-c4ccc5nnn(C)c5c4)c[nH]c3n2)CC1. The van der Waals surface area contributed by atoms with E-state index in [1.54, 1.807) is 4.68 Å². The normalized spacial score (nSPS) is 19.8. The molecule has 2 N–H and O–H groups in total. The average molecular weight is 407 g/mol. The second-order valence-electron chi connectivity index (χ2n) is 8.16. The molecule has 3 heterocycles. The summed E-state index contributed by atoms with van der Waals surface area (Å²) in [5.74, 6) is 0.599. The van der Waals surface area contributed by atoms with E-state index in [1.807, 2.05) is 31.6 Å². The third kappa shape index (κ3) is 4.19. The summed E-state index contributed by atoms with van der Waals surface area (Å²) >= 11 is 0. The molecule has 31 heavy (non-hydrogen) atoms. The van der Waals surface area contributed by atoms with Gasteiger partial charge in [-0.15, -0.1) is 5.10 Å². The summed E-state index contributed by atoms with van der Waals surface area (Å²) in [6.45, 7) is 0. The van der Waals surface area contributed by atoms with Crippen LogP contribution in [-0.2, 0) is 11.8 Å². The van der Waals surface area contributed by atoms with Gasteiger partial charge in [0.05, 0.1) is 35.2 Å². The van der Waals surface area contributed by atoms with Crippen molar-refractivity contribution in [2.75, 3.05) is 5.32 Å². The average Bonchev–Trinajstić information content (AvgIpc) is 3.31. The molecule has 4 aromatic rings. The van der Waals surface area contributed by atoms with Crippen LogP contribution in [0.1, 0.15) is 25.7 Å². The number of fused-ring (bicyclic) bond motifs is 2. The van der Waals surface area contributed by atoms with Crippen LogP contribution in [0, 0.1) is 0 Å². The van der Waals surface area contributed by atoms with Crippen molar-refractivity contribution in [2.45, 2.75) is 43.1 Å². The molecule has 1 aliphatic rings. The number of nitrogens with one attached hydrogen (secondary N) is 2. The Morgan fingerprint density at radius 1 is 1.19 bits per heavy atom. The maximum atomic E-state index is 5.54. The lowest BCUT2D eigenvalue weighted by Gasteiger charge is -2.34. The molecule has 1 fully saturated rings. The van der Waals surface area contributed by atoms with Crippen molar-refractivity contribution >= 4 is 51.6 Å². The summed E-state index contributed by atoms with van der Waals surface area (Å²) < 4.78 is 7.23. The lowest BCUT2D eigenvalue weighted by Crippen LogP contribution is -2.41.